The summed E-state index contributed by atoms with van der Waals surface area (Å²) in [7, 11) is 0. The highest BCUT2D eigenvalue weighted by molar-refractivity contribution is 7.80. The normalized spacial score (nSPS) is 18.8. The molecule has 1 aromatic carbocycles. The summed E-state index contributed by atoms with van der Waals surface area (Å²) in [6.45, 7) is 3.80. The van der Waals surface area contributed by atoms with Gasteiger partial charge in [-0.25, -0.2) is 4.39 Å². The molecule has 1 saturated heterocycles. The summed E-state index contributed by atoms with van der Waals surface area (Å²) in [6, 6.07) is 5.11. The van der Waals surface area contributed by atoms with Crippen LogP contribution in [0.25, 0.3) is 0 Å². The van der Waals surface area contributed by atoms with Gasteiger partial charge in [0.15, 0.2) is 0 Å². The number of hydrogen-bond acceptors (Lipinski definition) is 2. The lowest BCUT2D eigenvalue weighted by Crippen LogP contribution is -2.37. The quantitative estimate of drug-likeness (QED) is 0.861. The van der Waals surface area contributed by atoms with Crippen LogP contribution in [0.15, 0.2) is 18.2 Å². The van der Waals surface area contributed by atoms with Crippen molar-refractivity contribution in [1.29, 1.82) is 0 Å². The van der Waals surface area contributed by atoms with Gasteiger partial charge in [-0.05, 0) is 50.0 Å². The minimum atomic E-state index is -0.179. The first-order chi connectivity index (χ1) is 9.09. The molecule has 1 aromatic rings. The van der Waals surface area contributed by atoms with E-state index in [1.54, 1.807) is 13.0 Å². The Labute approximate surface area is 119 Å². The van der Waals surface area contributed by atoms with Crippen LogP contribution >= 0.6 is 12.2 Å². The highest BCUT2D eigenvalue weighted by Gasteiger charge is 2.24. The number of rotatable bonds is 3. The maximum absolute atomic E-state index is 13.4. The van der Waals surface area contributed by atoms with Gasteiger partial charge in [-0.1, -0.05) is 37.2 Å². The van der Waals surface area contributed by atoms with Gasteiger partial charge in [0.1, 0.15) is 5.82 Å². The number of aryl methyl sites for hydroxylation is 1. The maximum atomic E-state index is 13.4. The van der Waals surface area contributed by atoms with Crippen LogP contribution in [0.1, 0.15) is 42.9 Å². The number of nitrogens with two attached hydrogens (primary N) is 1. The molecule has 0 bridgehead atoms. The Kier molecular flexibility index (Phi) is 4.88. The topological polar surface area (TPSA) is 29.3 Å². The summed E-state index contributed by atoms with van der Waals surface area (Å²) in [4.78, 5) is 2.81. The van der Waals surface area contributed by atoms with Crippen molar-refractivity contribution in [3.8, 4) is 0 Å². The predicted octanol–water partition coefficient (Wildman–Crippen LogP) is 3.34. The lowest BCUT2D eigenvalue weighted by molar-refractivity contribution is 0.254. The van der Waals surface area contributed by atoms with Gasteiger partial charge >= 0.3 is 0 Å². The Hall–Kier alpha value is -1.00. The van der Waals surface area contributed by atoms with Crippen LogP contribution < -0.4 is 5.73 Å². The van der Waals surface area contributed by atoms with Gasteiger partial charge < -0.3 is 5.73 Å². The first-order valence-corrected chi connectivity index (χ1v) is 7.30. The van der Waals surface area contributed by atoms with Crippen molar-refractivity contribution in [3.05, 3.63) is 35.1 Å². The molecule has 1 atom stereocenters. The highest BCUT2D eigenvalue weighted by Crippen LogP contribution is 2.26. The monoisotopic (exact) mass is 280 g/mol. The number of benzene rings is 1. The molecular weight excluding hydrogens is 259 g/mol. The molecule has 4 heteroatoms. The van der Waals surface area contributed by atoms with Crippen LogP contribution in [0.5, 0.6) is 0 Å². The van der Waals surface area contributed by atoms with Crippen molar-refractivity contribution in [3.63, 3.8) is 0 Å². The van der Waals surface area contributed by atoms with Gasteiger partial charge in [-0.3, -0.25) is 4.90 Å². The summed E-state index contributed by atoms with van der Waals surface area (Å²) in [6.07, 6.45) is 4.89. The lowest BCUT2D eigenvalue weighted by atomic mass is 10.0. The van der Waals surface area contributed by atoms with Gasteiger partial charge in [0.2, 0.25) is 0 Å². The molecule has 0 saturated carbocycles. The van der Waals surface area contributed by atoms with Gasteiger partial charge in [-0.15, -0.1) is 0 Å². The first-order valence-electron chi connectivity index (χ1n) is 6.89. The third-order valence-electron chi connectivity index (χ3n) is 3.77. The molecule has 104 valence electrons. The molecule has 0 aromatic heterocycles. The van der Waals surface area contributed by atoms with Crippen molar-refractivity contribution in [2.24, 2.45) is 5.73 Å². The average molecular weight is 280 g/mol. The van der Waals surface area contributed by atoms with Crippen LogP contribution in [-0.4, -0.2) is 23.0 Å². The Morgan fingerprint density at radius 2 is 1.89 bits per heavy atom. The highest BCUT2D eigenvalue weighted by atomic mass is 32.1. The van der Waals surface area contributed by atoms with Crippen molar-refractivity contribution in [2.45, 2.75) is 38.6 Å². The van der Waals surface area contributed by atoms with Crippen LogP contribution in [-0.2, 0) is 0 Å². The average Bonchev–Trinajstić information content (AvgIpc) is 2.62. The van der Waals surface area contributed by atoms with Crippen LogP contribution in [0, 0.1) is 12.7 Å². The van der Waals surface area contributed by atoms with E-state index in [2.05, 4.69) is 4.90 Å². The third-order valence-corrected chi connectivity index (χ3v) is 4.00. The smallest absolute Gasteiger partial charge is 0.126 e. The van der Waals surface area contributed by atoms with E-state index in [0.29, 0.717) is 10.6 Å². The number of likely N-dealkylation sites (tertiary alicyclic amines) is 1. The fourth-order valence-electron chi connectivity index (χ4n) is 2.75. The number of hydrogen-bond donors (Lipinski definition) is 1. The summed E-state index contributed by atoms with van der Waals surface area (Å²) >= 11 is 5.24. The van der Waals surface area contributed by atoms with Gasteiger partial charge in [0, 0.05) is 0 Å². The fraction of sp³-hybridized carbons (Fsp3) is 0.533. The fourth-order valence-corrected chi connectivity index (χ4v) is 3.03. The zero-order chi connectivity index (χ0) is 13.8. The second-order valence-electron chi connectivity index (χ2n) is 5.26. The number of thiocarbonyl (C=S) groups is 1. The van der Waals surface area contributed by atoms with Crippen molar-refractivity contribution < 1.29 is 4.39 Å². The molecule has 2 N–H and O–H groups in total. The molecule has 2 nitrogen and oxygen atoms in total. The molecule has 0 amide bonds. The van der Waals surface area contributed by atoms with E-state index in [9.17, 15) is 4.39 Å². The largest absolute Gasteiger partial charge is 0.392 e. The Balaban J connectivity index is 2.27. The zero-order valence-corrected chi connectivity index (χ0v) is 12.2. The molecule has 1 heterocycles. The Morgan fingerprint density at radius 1 is 1.26 bits per heavy atom. The SMILES string of the molecule is Cc1cc(C(C(N)=S)N2CCCCCC2)ccc1F. The van der Waals surface area contributed by atoms with Crippen LogP contribution in [0.4, 0.5) is 4.39 Å². The van der Waals surface area contributed by atoms with Crippen LogP contribution in [0.3, 0.4) is 0 Å². The van der Waals surface area contributed by atoms with E-state index in [1.807, 2.05) is 6.07 Å². The summed E-state index contributed by atoms with van der Waals surface area (Å²) in [5.74, 6) is -0.179. The van der Waals surface area contributed by atoms with Crippen LogP contribution in [0.2, 0.25) is 0 Å². The van der Waals surface area contributed by atoms with Gasteiger partial charge in [0.25, 0.3) is 0 Å². The number of halogens is 1. The number of nitrogens with zero attached hydrogens (tertiary/aromatic N) is 1. The van der Waals surface area contributed by atoms with Crippen molar-refractivity contribution in [2.75, 3.05) is 13.1 Å². The summed E-state index contributed by atoms with van der Waals surface area (Å²) < 4.78 is 13.4. The lowest BCUT2D eigenvalue weighted by Gasteiger charge is -2.30. The molecule has 2 rings (SSSR count). The molecule has 1 aliphatic rings. The molecule has 1 fully saturated rings. The molecule has 0 aliphatic carbocycles. The van der Waals surface area contributed by atoms with Crippen molar-refractivity contribution in [1.82, 2.24) is 4.90 Å². The molecule has 19 heavy (non-hydrogen) atoms. The maximum Gasteiger partial charge on any atom is 0.126 e. The standard InChI is InChI=1S/C15H21FN2S/c1-11-10-12(6-7-13(11)16)14(15(17)19)18-8-4-2-3-5-9-18/h6-7,10,14H,2-5,8-9H2,1H3,(H2,17,19). The summed E-state index contributed by atoms with van der Waals surface area (Å²) in [5.41, 5.74) is 7.59. The second kappa shape index (κ2) is 6.44. The Morgan fingerprint density at radius 3 is 2.42 bits per heavy atom. The zero-order valence-electron chi connectivity index (χ0n) is 11.4. The van der Waals surface area contributed by atoms with Crippen molar-refractivity contribution >= 4 is 17.2 Å². The van der Waals surface area contributed by atoms with E-state index < -0.39 is 0 Å². The van der Waals surface area contributed by atoms with E-state index >= 15 is 0 Å². The van der Waals surface area contributed by atoms with E-state index in [0.717, 1.165) is 18.7 Å². The van der Waals surface area contributed by atoms with E-state index in [4.69, 9.17) is 18.0 Å². The van der Waals surface area contributed by atoms with E-state index in [-0.39, 0.29) is 11.9 Å². The minimum Gasteiger partial charge on any atom is -0.392 e. The molecule has 0 radical (unpaired) electrons. The Bertz CT molecular complexity index is 453. The molecule has 1 aliphatic heterocycles. The molecular formula is C15H21FN2S. The van der Waals surface area contributed by atoms with E-state index in [1.165, 1.54) is 31.7 Å². The van der Waals surface area contributed by atoms with Gasteiger partial charge in [-0.2, -0.15) is 0 Å². The minimum absolute atomic E-state index is 0.0626. The van der Waals surface area contributed by atoms with Gasteiger partial charge in [0.05, 0.1) is 11.0 Å². The summed E-state index contributed by atoms with van der Waals surface area (Å²) in [5, 5.41) is 0. The predicted molar refractivity (Wildman–Crippen MR) is 80.7 cm³/mol. The molecule has 0 spiro atoms. The second-order valence-corrected chi connectivity index (χ2v) is 5.74. The third kappa shape index (κ3) is 3.51. The molecule has 1 unspecified atom stereocenters. The first kappa shape index (κ1) is 14.4.